The van der Waals surface area contributed by atoms with E-state index in [0.717, 1.165) is 23.7 Å². The molecule has 1 atom stereocenters. The molecular weight excluding hydrogens is 300 g/mol. The average Bonchev–Trinajstić information content (AvgIpc) is 2.68. The fourth-order valence-electron chi connectivity index (χ4n) is 2.91. The first-order chi connectivity index (χ1) is 13.6. The number of fused-ring (bicyclic) bond motifs is 1. The first kappa shape index (κ1) is 11.9. The minimum absolute atomic E-state index is 0.128. The molecule has 1 N–H and O–H groups in total. The van der Waals surface area contributed by atoms with Crippen molar-refractivity contribution in [3.05, 3.63) is 42.5 Å². The third kappa shape index (κ3) is 4.69. The first-order valence-electron chi connectivity index (χ1n) is 11.0. The lowest BCUT2D eigenvalue weighted by Gasteiger charge is -2.35. The van der Waals surface area contributed by atoms with Crippen LogP contribution in [0.25, 0.3) is 10.8 Å². The highest BCUT2D eigenvalue weighted by Gasteiger charge is 2.18. The molecule has 130 valence electrons. The van der Waals surface area contributed by atoms with Gasteiger partial charge in [-0.15, -0.1) is 0 Å². The SMILES string of the molecule is [2H]C([2H])(Oc1ccc2ccccc2c1)C([2H])(O)C([2H])([2H])N1CCN(CCC)CC1. The average molecular weight is 333 g/mol. The van der Waals surface area contributed by atoms with Crippen LogP contribution in [0.1, 0.15) is 20.2 Å². The molecule has 0 radical (unpaired) electrons. The molecule has 2 aromatic carbocycles. The molecule has 0 aliphatic carbocycles. The van der Waals surface area contributed by atoms with Crippen molar-refractivity contribution in [2.75, 3.05) is 45.8 Å². The summed E-state index contributed by atoms with van der Waals surface area (Å²) in [5, 5.41) is 12.5. The molecule has 0 aromatic heterocycles. The molecule has 4 heteroatoms. The predicted octanol–water partition coefficient (Wildman–Crippen LogP) is 2.61. The lowest BCUT2D eigenvalue weighted by atomic mass is 10.1. The van der Waals surface area contributed by atoms with Crippen LogP contribution in [0.3, 0.4) is 0 Å². The van der Waals surface area contributed by atoms with Gasteiger partial charge >= 0.3 is 0 Å². The van der Waals surface area contributed by atoms with Crippen molar-refractivity contribution in [1.29, 1.82) is 0 Å². The largest absolute Gasteiger partial charge is 0.491 e. The quantitative estimate of drug-likeness (QED) is 0.845. The van der Waals surface area contributed by atoms with Gasteiger partial charge in [-0.25, -0.2) is 0 Å². The maximum atomic E-state index is 10.7. The molecule has 1 heterocycles. The number of aliphatic hydroxyl groups is 1. The molecule has 0 saturated carbocycles. The highest BCUT2D eigenvalue weighted by Crippen LogP contribution is 2.20. The third-order valence-corrected chi connectivity index (χ3v) is 4.16. The Hall–Kier alpha value is -1.62. The lowest BCUT2D eigenvalue weighted by molar-refractivity contribution is 0.0461. The number of ether oxygens (including phenoxy) is 1. The molecule has 2 aromatic rings. The Kier molecular flexibility index (Phi) is 4.18. The van der Waals surface area contributed by atoms with Gasteiger partial charge in [0, 0.05) is 35.4 Å². The second-order valence-corrected chi connectivity index (χ2v) is 6.00. The lowest BCUT2D eigenvalue weighted by Crippen LogP contribution is -2.49. The summed E-state index contributed by atoms with van der Waals surface area (Å²) in [4.78, 5) is 3.52. The normalized spacial score (nSPS) is 23.5. The van der Waals surface area contributed by atoms with Crippen molar-refractivity contribution >= 4 is 10.8 Å². The highest BCUT2D eigenvalue weighted by molar-refractivity contribution is 5.83. The topological polar surface area (TPSA) is 35.9 Å². The highest BCUT2D eigenvalue weighted by atomic mass is 16.5. The van der Waals surface area contributed by atoms with Crippen LogP contribution in [-0.2, 0) is 0 Å². The van der Waals surface area contributed by atoms with E-state index in [2.05, 4.69) is 11.8 Å². The zero-order valence-corrected chi connectivity index (χ0v) is 14.0. The molecule has 24 heavy (non-hydrogen) atoms. The Balaban J connectivity index is 1.77. The van der Waals surface area contributed by atoms with Gasteiger partial charge in [-0.3, -0.25) is 4.90 Å². The van der Waals surface area contributed by atoms with E-state index in [1.165, 1.54) is 4.90 Å². The third-order valence-electron chi connectivity index (χ3n) is 4.16. The van der Waals surface area contributed by atoms with Crippen molar-refractivity contribution < 1.29 is 16.7 Å². The molecule has 4 nitrogen and oxygen atoms in total. The van der Waals surface area contributed by atoms with Crippen LogP contribution in [0, 0.1) is 0 Å². The van der Waals surface area contributed by atoms with Crippen LogP contribution in [-0.4, -0.2) is 66.8 Å². The molecule has 0 amide bonds. The van der Waals surface area contributed by atoms with Crippen molar-refractivity contribution in [1.82, 2.24) is 9.80 Å². The second-order valence-electron chi connectivity index (χ2n) is 6.00. The molecule has 1 unspecified atom stereocenters. The summed E-state index contributed by atoms with van der Waals surface area (Å²) < 4.78 is 46.7. The van der Waals surface area contributed by atoms with Crippen LogP contribution >= 0.6 is 0 Å². The van der Waals surface area contributed by atoms with Crippen LogP contribution in [0.15, 0.2) is 42.5 Å². The van der Waals surface area contributed by atoms with Gasteiger partial charge in [0.25, 0.3) is 0 Å². The summed E-state index contributed by atoms with van der Waals surface area (Å²) in [6.45, 7) is -0.789. The summed E-state index contributed by atoms with van der Waals surface area (Å²) in [7, 11) is 0. The molecule has 1 saturated heterocycles. The standard InChI is InChI=1S/C20H28N2O2/c1-2-9-21-10-12-22(13-11-21)15-19(23)16-24-20-8-7-17-5-3-4-6-18(17)14-20/h3-8,14,19,23H,2,9-13,15-16H2,1H3/i15D2,16D2,19D. The number of benzene rings is 2. The number of nitrogens with zero attached hydrogens (tertiary/aromatic N) is 2. The Labute approximate surface area is 151 Å². The van der Waals surface area contributed by atoms with Gasteiger partial charge in [0.1, 0.15) is 18.4 Å². The van der Waals surface area contributed by atoms with E-state index in [1.54, 1.807) is 18.2 Å². The van der Waals surface area contributed by atoms with Crippen LogP contribution in [0.2, 0.25) is 0 Å². The number of β-amino-alcohol motifs (C(OH)–C–C–N with tert-alkyl or cyclic N) is 1. The van der Waals surface area contributed by atoms with E-state index < -0.39 is 19.1 Å². The summed E-state index contributed by atoms with van der Waals surface area (Å²) in [6.07, 6.45) is -2.14. The predicted molar refractivity (Wildman–Crippen MR) is 98.6 cm³/mol. The van der Waals surface area contributed by atoms with Crippen LogP contribution < -0.4 is 4.74 Å². The minimum atomic E-state index is -3.14. The summed E-state index contributed by atoms with van der Waals surface area (Å²) in [5.74, 6) is 0.128. The number of rotatable bonds is 7. The molecular formula is C20H28N2O2. The fraction of sp³-hybridized carbons (Fsp3) is 0.500. The summed E-state index contributed by atoms with van der Waals surface area (Å²) in [5.41, 5.74) is 0. The Morgan fingerprint density at radius 3 is 2.58 bits per heavy atom. The van der Waals surface area contributed by atoms with Crippen molar-refractivity contribution in [3.8, 4) is 5.75 Å². The van der Waals surface area contributed by atoms with Crippen molar-refractivity contribution in [2.45, 2.75) is 19.4 Å². The smallest absolute Gasteiger partial charge is 0.120 e. The van der Waals surface area contributed by atoms with E-state index in [4.69, 9.17) is 11.6 Å². The fourth-order valence-corrected chi connectivity index (χ4v) is 2.91. The van der Waals surface area contributed by atoms with E-state index in [1.807, 2.05) is 24.3 Å². The van der Waals surface area contributed by atoms with Gasteiger partial charge in [0.15, 0.2) is 0 Å². The van der Waals surface area contributed by atoms with Crippen molar-refractivity contribution in [3.63, 3.8) is 0 Å². The van der Waals surface area contributed by atoms with Gasteiger partial charge < -0.3 is 14.7 Å². The number of hydrogen-bond donors (Lipinski definition) is 1. The summed E-state index contributed by atoms with van der Waals surface area (Å²) >= 11 is 0. The molecule has 1 fully saturated rings. The van der Waals surface area contributed by atoms with Crippen molar-refractivity contribution in [2.24, 2.45) is 0 Å². The van der Waals surface area contributed by atoms with Gasteiger partial charge in [0.2, 0.25) is 0 Å². The maximum absolute atomic E-state index is 10.7. The number of piperazine rings is 1. The molecule has 1 aliphatic rings. The zero-order valence-electron chi connectivity index (χ0n) is 19.0. The zero-order chi connectivity index (χ0) is 21.3. The molecule has 0 spiro atoms. The van der Waals surface area contributed by atoms with E-state index in [0.29, 0.717) is 26.2 Å². The van der Waals surface area contributed by atoms with Gasteiger partial charge in [-0.05, 0) is 35.9 Å². The minimum Gasteiger partial charge on any atom is -0.491 e. The van der Waals surface area contributed by atoms with Crippen LogP contribution in [0.4, 0.5) is 0 Å². The molecule has 1 aliphatic heterocycles. The van der Waals surface area contributed by atoms with Gasteiger partial charge in [-0.2, -0.15) is 0 Å². The summed E-state index contributed by atoms with van der Waals surface area (Å²) in [6, 6.07) is 12.4. The van der Waals surface area contributed by atoms with E-state index in [9.17, 15) is 5.11 Å². The Bertz CT molecular complexity index is 838. The van der Waals surface area contributed by atoms with Crippen LogP contribution in [0.5, 0.6) is 5.75 Å². The van der Waals surface area contributed by atoms with Gasteiger partial charge in [-0.1, -0.05) is 37.3 Å². The molecule has 3 rings (SSSR count). The first-order valence-corrected chi connectivity index (χ1v) is 8.46. The van der Waals surface area contributed by atoms with E-state index >= 15 is 0 Å². The van der Waals surface area contributed by atoms with E-state index in [-0.39, 0.29) is 5.75 Å². The maximum Gasteiger partial charge on any atom is 0.120 e. The molecule has 0 bridgehead atoms. The second kappa shape index (κ2) is 8.47. The van der Waals surface area contributed by atoms with Gasteiger partial charge in [0.05, 0.1) is 4.11 Å². The Morgan fingerprint density at radius 1 is 1.12 bits per heavy atom. The monoisotopic (exact) mass is 333 g/mol. The number of hydrogen-bond acceptors (Lipinski definition) is 4. The Morgan fingerprint density at radius 2 is 1.83 bits per heavy atom.